The fourth-order valence-corrected chi connectivity index (χ4v) is 9.12. The minimum absolute atomic E-state index is 0.145. The van der Waals surface area contributed by atoms with Gasteiger partial charge < -0.3 is 14.4 Å². The highest BCUT2D eigenvalue weighted by Gasteiger charge is 2.60. The Bertz CT molecular complexity index is 825. The van der Waals surface area contributed by atoms with Crippen molar-refractivity contribution < 1.29 is 14.6 Å². The zero-order valence-corrected chi connectivity index (χ0v) is 20.3. The number of aliphatic hydroxyl groups is 1. The molecule has 178 valence electrons. The second-order valence-electron chi connectivity index (χ2n) is 12.2. The van der Waals surface area contributed by atoms with E-state index >= 15 is 0 Å². The lowest BCUT2D eigenvalue weighted by Crippen LogP contribution is -2.59. The van der Waals surface area contributed by atoms with Crippen LogP contribution in [0.25, 0.3) is 0 Å². The van der Waals surface area contributed by atoms with Crippen molar-refractivity contribution in [2.75, 3.05) is 13.7 Å². The molecule has 0 radical (unpaired) electrons. The number of ether oxygens (including phenoxy) is 1. The minimum atomic E-state index is -0.634. The van der Waals surface area contributed by atoms with E-state index in [0.717, 1.165) is 37.5 Å². The molecule has 0 amide bonds. The first-order valence-electron chi connectivity index (χ1n) is 13.0. The first kappa shape index (κ1) is 22.6. The normalized spacial score (nSPS) is 46.1. The molecule has 5 rings (SSSR count). The number of imidazole rings is 1. The summed E-state index contributed by atoms with van der Waals surface area (Å²) >= 11 is 0. The predicted octanol–water partition coefficient (Wildman–Crippen LogP) is 4.88. The third-order valence-corrected chi connectivity index (χ3v) is 10.8. The minimum Gasteiger partial charge on any atom is -0.387 e. The smallest absolute Gasteiger partial charge is 0.156 e. The molecule has 0 bridgehead atoms. The number of rotatable bonds is 5. The molecule has 32 heavy (non-hydrogen) atoms. The van der Waals surface area contributed by atoms with E-state index in [1.807, 2.05) is 10.8 Å². The maximum absolute atomic E-state index is 13.4. The number of carbonyl (C=O) groups is 1. The van der Waals surface area contributed by atoms with Gasteiger partial charge in [0.05, 0.1) is 25.1 Å². The third kappa shape index (κ3) is 3.58. The van der Waals surface area contributed by atoms with Gasteiger partial charge in [-0.1, -0.05) is 20.3 Å². The first-order valence-corrected chi connectivity index (χ1v) is 13.0. The largest absolute Gasteiger partial charge is 0.387 e. The molecule has 5 nitrogen and oxygen atoms in total. The Balaban J connectivity index is 1.35. The lowest BCUT2D eigenvalue weighted by molar-refractivity contribution is -0.178. The summed E-state index contributed by atoms with van der Waals surface area (Å²) in [4.78, 5) is 17.5. The summed E-state index contributed by atoms with van der Waals surface area (Å²) in [6.45, 7) is 5.93. The van der Waals surface area contributed by atoms with Crippen LogP contribution >= 0.6 is 0 Å². The maximum Gasteiger partial charge on any atom is 0.156 e. The van der Waals surface area contributed by atoms with E-state index in [1.165, 1.54) is 38.5 Å². The van der Waals surface area contributed by atoms with Gasteiger partial charge in [0.25, 0.3) is 0 Å². The molecule has 5 heteroatoms. The van der Waals surface area contributed by atoms with Gasteiger partial charge in [0.15, 0.2) is 5.78 Å². The highest BCUT2D eigenvalue weighted by molar-refractivity contribution is 5.81. The molecule has 3 unspecified atom stereocenters. The standard InChI is InChI=1S/C27H42N2O3/c1-25-11-12-27(31,17-32-3)15-19(25)7-8-20-21-5-4-6-23(26(21,2)10-9-22(20)25)24(30)16-29-14-13-28-18-29/h13-14,18-23,31H,4-12,15-17H2,1-3H3/t19-,20?,21?,22?,23+,25-,26-,27+/m0/s1. The monoisotopic (exact) mass is 442 g/mol. The SMILES string of the molecule is COC[C@@]1(O)CC[C@]2(C)C3CC[C@@]4(C)C(CCC[C@@H]4C(=O)Cn4ccnc4)C3CC[C@H]2C1. The lowest BCUT2D eigenvalue weighted by Gasteiger charge is -2.64. The average Bonchev–Trinajstić information content (AvgIpc) is 3.26. The zero-order valence-electron chi connectivity index (χ0n) is 20.3. The van der Waals surface area contributed by atoms with Crippen molar-refractivity contribution in [2.24, 2.45) is 40.4 Å². The van der Waals surface area contributed by atoms with Crippen LogP contribution in [0.5, 0.6) is 0 Å². The highest BCUT2D eigenvalue weighted by Crippen LogP contribution is 2.67. The number of carbonyl (C=O) groups excluding carboxylic acids is 1. The van der Waals surface area contributed by atoms with Gasteiger partial charge in [-0.2, -0.15) is 0 Å². The lowest BCUT2D eigenvalue weighted by atomic mass is 9.41. The second kappa shape index (κ2) is 8.23. The summed E-state index contributed by atoms with van der Waals surface area (Å²) < 4.78 is 7.31. The van der Waals surface area contributed by atoms with E-state index in [4.69, 9.17) is 4.74 Å². The van der Waals surface area contributed by atoms with Gasteiger partial charge >= 0.3 is 0 Å². The van der Waals surface area contributed by atoms with E-state index in [0.29, 0.717) is 36.2 Å². The Morgan fingerprint density at radius 1 is 1.09 bits per heavy atom. The molecule has 0 spiro atoms. The van der Waals surface area contributed by atoms with E-state index < -0.39 is 5.60 Å². The summed E-state index contributed by atoms with van der Waals surface area (Å²) in [6, 6.07) is 0. The van der Waals surface area contributed by atoms with Crippen molar-refractivity contribution in [1.29, 1.82) is 0 Å². The van der Waals surface area contributed by atoms with E-state index in [-0.39, 0.29) is 11.3 Å². The second-order valence-corrected chi connectivity index (χ2v) is 12.2. The summed E-state index contributed by atoms with van der Waals surface area (Å²) in [7, 11) is 1.71. The first-order chi connectivity index (χ1) is 15.3. The van der Waals surface area contributed by atoms with Crippen molar-refractivity contribution in [2.45, 2.75) is 90.2 Å². The Morgan fingerprint density at radius 3 is 2.66 bits per heavy atom. The van der Waals surface area contributed by atoms with E-state index in [1.54, 1.807) is 19.6 Å². The number of fused-ring (bicyclic) bond motifs is 5. The molecule has 0 saturated heterocycles. The Labute approximate surface area is 193 Å². The van der Waals surface area contributed by atoms with E-state index in [2.05, 4.69) is 18.8 Å². The maximum atomic E-state index is 13.4. The number of aromatic nitrogens is 2. The molecular formula is C27H42N2O3. The van der Waals surface area contributed by atoms with Crippen molar-refractivity contribution in [3.05, 3.63) is 18.7 Å². The van der Waals surface area contributed by atoms with Crippen LogP contribution < -0.4 is 0 Å². The number of hydrogen-bond acceptors (Lipinski definition) is 4. The quantitative estimate of drug-likeness (QED) is 0.706. The third-order valence-electron chi connectivity index (χ3n) is 10.8. The van der Waals surface area contributed by atoms with Crippen molar-refractivity contribution in [3.8, 4) is 0 Å². The van der Waals surface area contributed by atoms with Crippen LogP contribution in [0.4, 0.5) is 0 Å². The average molecular weight is 443 g/mol. The van der Waals surface area contributed by atoms with Crippen LogP contribution in [0.15, 0.2) is 18.7 Å². The molecule has 4 saturated carbocycles. The summed E-state index contributed by atoms with van der Waals surface area (Å²) in [5.74, 6) is 3.36. The molecule has 4 fully saturated rings. The summed E-state index contributed by atoms with van der Waals surface area (Å²) in [6.07, 6.45) is 16.8. The van der Waals surface area contributed by atoms with Crippen LogP contribution in [-0.2, 0) is 16.1 Å². The molecule has 1 aromatic rings. The number of methoxy groups -OCH3 is 1. The number of hydrogen-bond donors (Lipinski definition) is 1. The summed E-state index contributed by atoms with van der Waals surface area (Å²) in [5.41, 5.74) is -0.158. The topological polar surface area (TPSA) is 64.3 Å². The van der Waals surface area contributed by atoms with Gasteiger partial charge in [-0.3, -0.25) is 4.79 Å². The fraction of sp³-hybridized carbons (Fsp3) is 0.852. The molecule has 0 aliphatic heterocycles. The molecule has 1 N–H and O–H groups in total. The molecule has 0 aromatic carbocycles. The van der Waals surface area contributed by atoms with Crippen LogP contribution in [0.3, 0.4) is 0 Å². The van der Waals surface area contributed by atoms with E-state index in [9.17, 15) is 9.90 Å². The van der Waals surface area contributed by atoms with Gasteiger partial charge in [0.2, 0.25) is 0 Å². The van der Waals surface area contributed by atoms with Crippen LogP contribution in [0.2, 0.25) is 0 Å². The fourth-order valence-electron chi connectivity index (χ4n) is 9.12. The molecule has 1 aromatic heterocycles. The number of Topliss-reactive ketones (excluding diaryl/α,β-unsaturated/α-hetero) is 1. The molecule has 8 atom stereocenters. The van der Waals surface area contributed by atoms with Gasteiger partial charge in [-0.15, -0.1) is 0 Å². The molecular weight excluding hydrogens is 400 g/mol. The van der Waals surface area contributed by atoms with Gasteiger partial charge in [0.1, 0.15) is 0 Å². The number of ketones is 1. The Kier molecular flexibility index (Phi) is 5.81. The predicted molar refractivity (Wildman–Crippen MR) is 124 cm³/mol. The van der Waals surface area contributed by atoms with Gasteiger partial charge in [-0.05, 0) is 92.3 Å². The van der Waals surface area contributed by atoms with Crippen LogP contribution in [0, 0.1) is 40.4 Å². The van der Waals surface area contributed by atoms with Gasteiger partial charge in [0, 0.05) is 25.4 Å². The molecule has 1 heterocycles. The number of nitrogens with zero attached hydrogens (tertiary/aromatic N) is 2. The molecule has 4 aliphatic carbocycles. The van der Waals surface area contributed by atoms with Crippen molar-refractivity contribution >= 4 is 5.78 Å². The molecule has 4 aliphatic rings. The van der Waals surface area contributed by atoms with Gasteiger partial charge in [-0.25, -0.2) is 4.98 Å². The van der Waals surface area contributed by atoms with Crippen molar-refractivity contribution in [1.82, 2.24) is 9.55 Å². The highest BCUT2D eigenvalue weighted by atomic mass is 16.5. The van der Waals surface area contributed by atoms with Crippen molar-refractivity contribution in [3.63, 3.8) is 0 Å². The Morgan fingerprint density at radius 2 is 1.91 bits per heavy atom. The zero-order chi connectivity index (χ0) is 22.6. The Hall–Kier alpha value is -1.20. The van der Waals surface area contributed by atoms with Crippen LogP contribution in [-0.4, -0.2) is 39.8 Å². The van der Waals surface area contributed by atoms with Crippen LogP contribution in [0.1, 0.15) is 78.1 Å². The summed E-state index contributed by atoms with van der Waals surface area (Å²) in [5, 5.41) is 11.1.